The Hall–Kier alpha value is -4.55. The summed E-state index contributed by atoms with van der Waals surface area (Å²) in [7, 11) is 0. The smallest absolute Gasteiger partial charge is 0.234 e. The van der Waals surface area contributed by atoms with E-state index >= 15 is 0 Å². The van der Waals surface area contributed by atoms with Crippen molar-refractivity contribution in [1.82, 2.24) is 25.6 Å². The van der Waals surface area contributed by atoms with Crippen LogP contribution < -0.4 is 16.4 Å². The molecule has 5 N–H and O–H groups in total. The minimum absolute atomic E-state index is 0.0258. The van der Waals surface area contributed by atoms with Crippen LogP contribution in [0.1, 0.15) is 63.3 Å². The van der Waals surface area contributed by atoms with Crippen molar-refractivity contribution in [2.24, 2.45) is 23.5 Å². The van der Waals surface area contributed by atoms with Crippen LogP contribution in [0.15, 0.2) is 66.9 Å². The molecule has 4 atom stereocenters. The quantitative estimate of drug-likeness (QED) is 0.124. The molecule has 0 spiro atoms. The zero-order valence-corrected chi connectivity index (χ0v) is 28.7. The first-order chi connectivity index (χ1) is 23.5. The number of amides is 2. The van der Waals surface area contributed by atoms with Gasteiger partial charge in [0.25, 0.3) is 0 Å². The molecule has 0 bridgehead atoms. The third-order valence-electron chi connectivity index (χ3n) is 8.41. The summed E-state index contributed by atoms with van der Waals surface area (Å²) in [5, 5.41) is 23.6. The molecule has 3 rings (SSSR count). The number of nitrogens with one attached hydrogen (secondary N) is 2. The Morgan fingerprint density at radius 2 is 1.45 bits per heavy atom. The van der Waals surface area contributed by atoms with Gasteiger partial charge >= 0.3 is 0 Å². The average Bonchev–Trinajstić information content (AvgIpc) is 3.53. The lowest BCUT2D eigenvalue weighted by molar-refractivity contribution is -0.135. The number of ketones is 3. The summed E-state index contributed by atoms with van der Waals surface area (Å²) in [5.41, 5.74) is 8.14. The molecule has 0 saturated heterocycles. The highest BCUT2D eigenvalue weighted by atomic mass is 16.3. The van der Waals surface area contributed by atoms with Crippen LogP contribution >= 0.6 is 0 Å². The molecule has 0 aliphatic rings. The number of hydrogen-bond donors (Lipinski definition) is 4. The molecule has 264 valence electrons. The SMILES string of the molecule is CC(=O)[C@@H](CC(=O)[C@H](Cc1ccccc1)NC(=O)[C@@H](CC(=O)[C@H](CO)NC(=O)CN)Cn1cc(CCCc2ccccc2)nn1)CC(C)C. The normalized spacial score (nSPS) is 13.7. The summed E-state index contributed by atoms with van der Waals surface area (Å²) >= 11 is 0. The van der Waals surface area contributed by atoms with E-state index in [1.165, 1.54) is 17.2 Å². The number of rotatable bonds is 22. The predicted octanol–water partition coefficient (Wildman–Crippen LogP) is 2.40. The van der Waals surface area contributed by atoms with Crippen LogP contribution in [0.4, 0.5) is 0 Å². The van der Waals surface area contributed by atoms with E-state index in [2.05, 4.69) is 33.1 Å². The van der Waals surface area contributed by atoms with Gasteiger partial charge in [-0.1, -0.05) is 79.7 Å². The van der Waals surface area contributed by atoms with Crippen LogP contribution in [0.5, 0.6) is 0 Å². The zero-order valence-electron chi connectivity index (χ0n) is 28.7. The lowest BCUT2D eigenvalue weighted by atomic mass is 9.86. The van der Waals surface area contributed by atoms with Gasteiger partial charge in [0.15, 0.2) is 11.6 Å². The maximum Gasteiger partial charge on any atom is 0.234 e. The maximum absolute atomic E-state index is 14.0. The van der Waals surface area contributed by atoms with Gasteiger partial charge in [-0.05, 0) is 56.1 Å². The highest BCUT2D eigenvalue weighted by Crippen LogP contribution is 2.20. The second-order valence-electron chi connectivity index (χ2n) is 13.0. The van der Waals surface area contributed by atoms with Gasteiger partial charge in [-0.3, -0.25) is 28.7 Å². The number of carbonyl (C=O) groups is 5. The molecular formula is C37H50N6O6. The van der Waals surface area contributed by atoms with Crippen molar-refractivity contribution < 1.29 is 29.1 Å². The van der Waals surface area contributed by atoms with Crippen LogP contribution in [0.25, 0.3) is 0 Å². The molecule has 0 aliphatic heterocycles. The van der Waals surface area contributed by atoms with E-state index in [4.69, 9.17) is 5.73 Å². The highest BCUT2D eigenvalue weighted by molar-refractivity contribution is 5.95. The van der Waals surface area contributed by atoms with Crippen LogP contribution in [0.2, 0.25) is 0 Å². The summed E-state index contributed by atoms with van der Waals surface area (Å²) in [6.07, 6.45) is 4.44. The largest absolute Gasteiger partial charge is 0.394 e. The minimum atomic E-state index is -1.26. The molecule has 3 aromatic rings. The van der Waals surface area contributed by atoms with Gasteiger partial charge in [-0.25, -0.2) is 0 Å². The van der Waals surface area contributed by atoms with Gasteiger partial charge in [-0.15, -0.1) is 5.10 Å². The van der Waals surface area contributed by atoms with Crippen LogP contribution in [0, 0.1) is 17.8 Å². The maximum atomic E-state index is 14.0. The Labute approximate surface area is 288 Å². The molecule has 12 heteroatoms. The number of aliphatic hydroxyl groups is 1. The second-order valence-corrected chi connectivity index (χ2v) is 13.0. The fraction of sp³-hybridized carbons (Fsp3) is 0.486. The van der Waals surface area contributed by atoms with E-state index in [9.17, 15) is 29.1 Å². The van der Waals surface area contributed by atoms with Crippen LogP contribution in [-0.4, -0.2) is 74.5 Å². The molecule has 2 aromatic carbocycles. The van der Waals surface area contributed by atoms with Gasteiger partial charge in [0.05, 0.1) is 37.4 Å². The molecule has 1 heterocycles. The van der Waals surface area contributed by atoms with E-state index in [1.54, 1.807) is 6.20 Å². The van der Waals surface area contributed by atoms with Gasteiger partial charge in [-0.2, -0.15) is 0 Å². The Bertz CT molecular complexity index is 1510. The average molecular weight is 675 g/mol. The standard InChI is InChI=1S/C37H50N6O6/c1-25(2)17-29(26(3)45)19-34(46)32(18-28-13-8-5-9-14-28)40-37(49)30(20-35(47)33(24-44)39-36(48)21-38)22-43-23-31(41-42-43)16-10-15-27-11-6-4-7-12-27/h4-9,11-14,23,25,29-30,32-33,44H,10,15-22,24,38H2,1-3H3,(H,39,48)(H,40,49)/t29-,30+,32+,33+/m1/s1. The van der Waals surface area contributed by atoms with Crippen molar-refractivity contribution in [3.63, 3.8) is 0 Å². The van der Waals surface area contributed by atoms with Crippen molar-refractivity contribution in [1.29, 1.82) is 0 Å². The molecule has 49 heavy (non-hydrogen) atoms. The van der Waals surface area contributed by atoms with Gasteiger partial charge < -0.3 is 21.5 Å². The monoisotopic (exact) mass is 674 g/mol. The predicted molar refractivity (Wildman–Crippen MR) is 185 cm³/mol. The Balaban J connectivity index is 1.83. The number of nitrogens with two attached hydrogens (primary N) is 1. The van der Waals surface area contributed by atoms with E-state index < -0.39 is 48.1 Å². The number of aliphatic hydroxyl groups excluding tert-OH is 1. The minimum Gasteiger partial charge on any atom is -0.394 e. The first-order valence-corrected chi connectivity index (χ1v) is 16.9. The molecule has 0 unspecified atom stereocenters. The molecule has 1 aromatic heterocycles. The Kier molecular flexibility index (Phi) is 15.9. The summed E-state index contributed by atoms with van der Waals surface area (Å²) in [5.74, 6) is -3.46. The molecule has 0 radical (unpaired) electrons. The van der Waals surface area contributed by atoms with Crippen molar-refractivity contribution in [2.45, 2.75) is 84.3 Å². The van der Waals surface area contributed by atoms with Crippen LogP contribution in [-0.2, 0) is 49.8 Å². The fourth-order valence-corrected chi connectivity index (χ4v) is 5.72. The Morgan fingerprint density at radius 3 is 2.04 bits per heavy atom. The summed E-state index contributed by atoms with van der Waals surface area (Å²) in [4.78, 5) is 65.4. The van der Waals surface area contributed by atoms with E-state index in [0.717, 1.165) is 24.1 Å². The van der Waals surface area contributed by atoms with Gasteiger partial charge in [0.2, 0.25) is 11.8 Å². The number of carbonyl (C=O) groups excluding carboxylic acids is 5. The number of hydrogen-bond acceptors (Lipinski definition) is 9. The lowest BCUT2D eigenvalue weighted by Gasteiger charge is -2.25. The number of Topliss-reactive ketones (excluding diaryl/α,β-unsaturated/α-hetero) is 3. The number of aryl methyl sites for hydroxylation is 2. The van der Waals surface area contributed by atoms with Crippen molar-refractivity contribution in [2.75, 3.05) is 13.2 Å². The first-order valence-electron chi connectivity index (χ1n) is 16.9. The van der Waals surface area contributed by atoms with E-state index in [-0.39, 0.29) is 49.8 Å². The molecule has 12 nitrogen and oxygen atoms in total. The van der Waals surface area contributed by atoms with Crippen molar-refractivity contribution in [3.05, 3.63) is 83.7 Å². The second kappa shape index (κ2) is 20.1. The molecule has 0 saturated carbocycles. The number of nitrogens with zero attached hydrogens (tertiary/aromatic N) is 3. The molecule has 2 amide bonds. The number of aromatic nitrogens is 3. The third-order valence-corrected chi connectivity index (χ3v) is 8.41. The zero-order chi connectivity index (χ0) is 35.8. The van der Waals surface area contributed by atoms with Crippen molar-refractivity contribution in [3.8, 4) is 0 Å². The molecule has 0 fully saturated rings. The van der Waals surface area contributed by atoms with E-state index in [0.29, 0.717) is 12.8 Å². The molecular weight excluding hydrogens is 624 g/mol. The fourth-order valence-electron chi connectivity index (χ4n) is 5.72. The Morgan fingerprint density at radius 1 is 0.837 bits per heavy atom. The van der Waals surface area contributed by atoms with Crippen molar-refractivity contribution >= 4 is 29.2 Å². The van der Waals surface area contributed by atoms with Crippen LogP contribution in [0.3, 0.4) is 0 Å². The third kappa shape index (κ3) is 13.5. The number of benzene rings is 2. The molecule has 0 aliphatic carbocycles. The summed E-state index contributed by atoms with van der Waals surface area (Å²) < 4.78 is 1.49. The lowest BCUT2D eigenvalue weighted by Crippen LogP contribution is -2.49. The van der Waals surface area contributed by atoms with Gasteiger partial charge in [0, 0.05) is 25.0 Å². The topological polar surface area (TPSA) is 186 Å². The summed E-state index contributed by atoms with van der Waals surface area (Å²) in [6, 6.07) is 17.1. The first kappa shape index (κ1) is 38.9. The summed E-state index contributed by atoms with van der Waals surface area (Å²) in [6.45, 7) is 4.36. The van der Waals surface area contributed by atoms with Gasteiger partial charge in [0.1, 0.15) is 11.8 Å². The van der Waals surface area contributed by atoms with E-state index in [1.807, 2.05) is 62.4 Å². The highest BCUT2D eigenvalue weighted by Gasteiger charge is 2.32.